The summed E-state index contributed by atoms with van der Waals surface area (Å²) in [6, 6.07) is 16.6. The monoisotopic (exact) mass is 294 g/mol. The summed E-state index contributed by atoms with van der Waals surface area (Å²) in [7, 11) is 0. The van der Waals surface area contributed by atoms with Crippen LogP contribution >= 0.6 is 22.7 Å². The molecule has 0 atom stereocenters. The van der Waals surface area contributed by atoms with Crippen molar-refractivity contribution in [3.63, 3.8) is 0 Å². The molecule has 0 saturated heterocycles. The fraction of sp³-hybridized carbons (Fsp3) is 0. The summed E-state index contributed by atoms with van der Waals surface area (Å²) in [4.78, 5) is 12.5. The van der Waals surface area contributed by atoms with Gasteiger partial charge in [0, 0.05) is 16.5 Å². The number of fused-ring (bicyclic) bond motifs is 1. The first-order valence-electron chi connectivity index (χ1n) is 6.26. The molecule has 0 spiro atoms. The molecule has 0 aliphatic heterocycles. The number of nitrogens with zero attached hydrogens (tertiary/aromatic N) is 2. The van der Waals surface area contributed by atoms with Crippen LogP contribution in [0.1, 0.15) is 0 Å². The van der Waals surface area contributed by atoms with Gasteiger partial charge in [0.25, 0.3) is 0 Å². The standard InChI is InChI=1S/C16H10N2S2/c1-2-5-11(6-3-1)14-9-12-10-17-15(18-16(12)20-14)13-7-4-8-19-13/h1-10H. The Hall–Kier alpha value is -2.04. The average molecular weight is 294 g/mol. The van der Waals surface area contributed by atoms with Crippen molar-refractivity contribution in [3.8, 4) is 21.1 Å². The van der Waals surface area contributed by atoms with Gasteiger partial charge in [-0.05, 0) is 23.1 Å². The van der Waals surface area contributed by atoms with Gasteiger partial charge < -0.3 is 0 Å². The predicted molar refractivity (Wildman–Crippen MR) is 86.2 cm³/mol. The molecule has 0 fully saturated rings. The Morgan fingerprint density at radius 2 is 1.80 bits per heavy atom. The lowest BCUT2D eigenvalue weighted by Crippen LogP contribution is -1.83. The average Bonchev–Trinajstić information content (AvgIpc) is 3.16. The minimum Gasteiger partial charge on any atom is -0.235 e. The molecular formula is C16H10N2S2. The van der Waals surface area contributed by atoms with Gasteiger partial charge in [0.05, 0.1) is 4.88 Å². The molecule has 3 heterocycles. The molecule has 2 nitrogen and oxygen atoms in total. The normalized spacial score (nSPS) is 11.0. The molecule has 0 aliphatic rings. The zero-order chi connectivity index (χ0) is 13.4. The molecule has 0 radical (unpaired) electrons. The maximum atomic E-state index is 4.68. The van der Waals surface area contributed by atoms with Gasteiger partial charge in [-0.3, -0.25) is 0 Å². The molecule has 96 valence electrons. The van der Waals surface area contributed by atoms with E-state index >= 15 is 0 Å². The van der Waals surface area contributed by atoms with Crippen LogP contribution < -0.4 is 0 Å². The van der Waals surface area contributed by atoms with Gasteiger partial charge >= 0.3 is 0 Å². The van der Waals surface area contributed by atoms with Crippen molar-refractivity contribution in [1.29, 1.82) is 0 Å². The summed E-state index contributed by atoms with van der Waals surface area (Å²) >= 11 is 3.38. The SMILES string of the molecule is c1ccc(-c2cc3cnc(-c4cccs4)nc3s2)cc1. The first kappa shape index (κ1) is 11.8. The van der Waals surface area contributed by atoms with Crippen molar-refractivity contribution in [2.24, 2.45) is 0 Å². The maximum Gasteiger partial charge on any atom is 0.170 e. The van der Waals surface area contributed by atoms with Crippen molar-refractivity contribution in [1.82, 2.24) is 9.97 Å². The summed E-state index contributed by atoms with van der Waals surface area (Å²) in [5, 5.41) is 3.15. The summed E-state index contributed by atoms with van der Waals surface area (Å²) in [5.41, 5.74) is 1.23. The topological polar surface area (TPSA) is 25.8 Å². The number of thiophene rings is 2. The van der Waals surface area contributed by atoms with Crippen LogP contribution in [0, 0.1) is 0 Å². The first-order valence-corrected chi connectivity index (χ1v) is 7.96. The van der Waals surface area contributed by atoms with Crippen LogP contribution in [-0.4, -0.2) is 9.97 Å². The van der Waals surface area contributed by atoms with E-state index in [-0.39, 0.29) is 0 Å². The van der Waals surface area contributed by atoms with E-state index in [0.29, 0.717) is 0 Å². The van der Waals surface area contributed by atoms with Gasteiger partial charge in [0.15, 0.2) is 5.82 Å². The predicted octanol–water partition coefficient (Wildman–Crippen LogP) is 5.09. The highest BCUT2D eigenvalue weighted by Crippen LogP contribution is 2.33. The third kappa shape index (κ3) is 2.03. The second-order valence-corrected chi connectivity index (χ2v) is 6.39. The van der Waals surface area contributed by atoms with Crippen LogP contribution in [0.15, 0.2) is 60.1 Å². The zero-order valence-corrected chi connectivity index (χ0v) is 12.1. The van der Waals surface area contributed by atoms with Crippen molar-refractivity contribution < 1.29 is 0 Å². The van der Waals surface area contributed by atoms with E-state index in [2.05, 4.69) is 46.4 Å². The van der Waals surface area contributed by atoms with E-state index in [4.69, 9.17) is 0 Å². The molecule has 4 rings (SSSR count). The molecule has 0 amide bonds. The minimum atomic E-state index is 0.814. The Bertz CT molecular complexity index is 849. The Morgan fingerprint density at radius 1 is 0.900 bits per heavy atom. The van der Waals surface area contributed by atoms with E-state index in [1.54, 1.807) is 22.7 Å². The van der Waals surface area contributed by atoms with E-state index in [0.717, 1.165) is 20.9 Å². The Kier molecular flexibility index (Phi) is 2.83. The summed E-state index contributed by atoms with van der Waals surface area (Å²) in [6.07, 6.45) is 1.92. The molecule has 4 aromatic rings. The molecule has 0 aliphatic carbocycles. The Balaban J connectivity index is 1.84. The molecule has 0 unspecified atom stereocenters. The van der Waals surface area contributed by atoms with Crippen molar-refractivity contribution in [2.45, 2.75) is 0 Å². The van der Waals surface area contributed by atoms with Crippen LogP contribution in [-0.2, 0) is 0 Å². The molecular weight excluding hydrogens is 284 g/mol. The molecule has 0 N–H and O–H groups in total. The van der Waals surface area contributed by atoms with Crippen molar-refractivity contribution >= 4 is 32.9 Å². The second kappa shape index (κ2) is 4.81. The molecule has 3 aromatic heterocycles. The van der Waals surface area contributed by atoms with Crippen molar-refractivity contribution in [2.75, 3.05) is 0 Å². The number of rotatable bonds is 2. The van der Waals surface area contributed by atoms with Gasteiger partial charge in [0.1, 0.15) is 4.83 Å². The Morgan fingerprint density at radius 3 is 2.60 bits per heavy atom. The van der Waals surface area contributed by atoms with Gasteiger partial charge in [0.2, 0.25) is 0 Å². The second-order valence-electron chi connectivity index (χ2n) is 4.41. The van der Waals surface area contributed by atoms with Crippen LogP contribution in [0.25, 0.3) is 31.4 Å². The number of aromatic nitrogens is 2. The number of hydrogen-bond acceptors (Lipinski definition) is 4. The lowest BCUT2D eigenvalue weighted by molar-refractivity contribution is 1.25. The highest BCUT2D eigenvalue weighted by Gasteiger charge is 2.08. The maximum absolute atomic E-state index is 4.68. The number of benzene rings is 1. The van der Waals surface area contributed by atoms with Gasteiger partial charge in [-0.15, -0.1) is 22.7 Å². The van der Waals surface area contributed by atoms with Crippen LogP contribution in [0.2, 0.25) is 0 Å². The molecule has 4 heteroatoms. The molecule has 0 bridgehead atoms. The van der Waals surface area contributed by atoms with Crippen LogP contribution in [0.4, 0.5) is 0 Å². The summed E-state index contributed by atoms with van der Waals surface area (Å²) < 4.78 is 0. The third-order valence-electron chi connectivity index (χ3n) is 3.07. The van der Waals surface area contributed by atoms with Crippen LogP contribution in [0.3, 0.4) is 0 Å². The van der Waals surface area contributed by atoms with E-state index in [1.165, 1.54) is 10.4 Å². The largest absolute Gasteiger partial charge is 0.235 e. The van der Waals surface area contributed by atoms with Gasteiger partial charge in [-0.25, -0.2) is 9.97 Å². The molecule has 0 saturated carbocycles. The van der Waals surface area contributed by atoms with Gasteiger partial charge in [-0.1, -0.05) is 36.4 Å². The fourth-order valence-corrected chi connectivity index (χ4v) is 3.77. The van der Waals surface area contributed by atoms with E-state index < -0.39 is 0 Å². The highest BCUT2D eigenvalue weighted by atomic mass is 32.1. The third-order valence-corrected chi connectivity index (χ3v) is 5.03. The lowest BCUT2D eigenvalue weighted by atomic mass is 10.2. The fourth-order valence-electron chi connectivity index (χ4n) is 2.10. The van der Waals surface area contributed by atoms with Crippen LogP contribution in [0.5, 0.6) is 0 Å². The van der Waals surface area contributed by atoms with E-state index in [1.807, 2.05) is 23.7 Å². The highest BCUT2D eigenvalue weighted by molar-refractivity contribution is 7.21. The molecule has 20 heavy (non-hydrogen) atoms. The summed E-state index contributed by atoms with van der Waals surface area (Å²) in [5.74, 6) is 0.814. The Labute approximate surface area is 124 Å². The minimum absolute atomic E-state index is 0.814. The number of hydrogen-bond donors (Lipinski definition) is 0. The lowest BCUT2D eigenvalue weighted by Gasteiger charge is -1.94. The van der Waals surface area contributed by atoms with Gasteiger partial charge in [-0.2, -0.15) is 0 Å². The summed E-state index contributed by atoms with van der Waals surface area (Å²) in [6.45, 7) is 0. The quantitative estimate of drug-likeness (QED) is 0.515. The molecule has 1 aromatic carbocycles. The zero-order valence-electron chi connectivity index (χ0n) is 10.5. The smallest absolute Gasteiger partial charge is 0.170 e. The first-order chi connectivity index (χ1) is 9.90. The van der Waals surface area contributed by atoms with Crippen molar-refractivity contribution in [3.05, 3.63) is 60.1 Å². The van der Waals surface area contributed by atoms with E-state index in [9.17, 15) is 0 Å².